The molecule has 1 aliphatic rings. The number of nitrogens with zero attached hydrogens (tertiary/aromatic N) is 1. The van der Waals surface area contributed by atoms with Crippen LogP contribution in [-0.4, -0.2) is 11.0 Å². The SMILES string of the molecule is NC1CCc2nc(Cc3cccc(C(F)(F)F)c3)oc2C1. The first-order valence-corrected chi connectivity index (χ1v) is 6.81. The molecule has 1 atom stereocenters. The molecule has 1 heterocycles. The molecule has 6 heteroatoms. The molecule has 2 aromatic rings. The molecular formula is C15H15F3N2O. The van der Waals surface area contributed by atoms with Crippen molar-refractivity contribution < 1.29 is 17.6 Å². The molecule has 0 spiro atoms. The van der Waals surface area contributed by atoms with Crippen LogP contribution in [0.25, 0.3) is 0 Å². The minimum Gasteiger partial charge on any atom is -0.445 e. The number of oxazole rings is 1. The van der Waals surface area contributed by atoms with E-state index in [4.69, 9.17) is 10.2 Å². The number of benzene rings is 1. The maximum absolute atomic E-state index is 12.7. The number of aryl methyl sites for hydroxylation is 1. The van der Waals surface area contributed by atoms with Crippen LogP contribution in [0.15, 0.2) is 28.7 Å². The molecule has 0 aliphatic heterocycles. The zero-order chi connectivity index (χ0) is 15.0. The Balaban J connectivity index is 1.81. The number of fused-ring (bicyclic) bond motifs is 1. The second kappa shape index (κ2) is 5.18. The highest BCUT2D eigenvalue weighted by molar-refractivity contribution is 5.28. The summed E-state index contributed by atoms with van der Waals surface area (Å²) in [4.78, 5) is 4.37. The molecule has 3 nitrogen and oxygen atoms in total. The van der Waals surface area contributed by atoms with Crippen molar-refractivity contribution >= 4 is 0 Å². The van der Waals surface area contributed by atoms with Gasteiger partial charge in [-0.15, -0.1) is 0 Å². The minimum absolute atomic E-state index is 0.0758. The fourth-order valence-electron chi connectivity index (χ4n) is 2.56. The Morgan fingerprint density at radius 1 is 1.33 bits per heavy atom. The molecule has 0 fully saturated rings. The highest BCUT2D eigenvalue weighted by atomic mass is 19.4. The molecule has 0 radical (unpaired) electrons. The summed E-state index contributed by atoms with van der Waals surface area (Å²) in [5, 5.41) is 0. The van der Waals surface area contributed by atoms with Crippen LogP contribution in [0.5, 0.6) is 0 Å². The predicted octanol–water partition coefficient (Wildman–Crippen LogP) is 3.10. The fraction of sp³-hybridized carbons (Fsp3) is 0.400. The number of rotatable bonds is 2. The van der Waals surface area contributed by atoms with Crippen molar-refractivity contribution in [3.05, 3.63) is 52.7 Å². The van der Waals surface area contributed by atoms with Crippen LogP contribution in [0.4, 0.5) is 13.2 Å². The fourth-order valence-corrected chi connectivity index (χ4v) is 2.56. The smallest absolute Gasteiger partial charge is 0.416 e. The predicted molar refractivity (Wildman–Crippen MR) is 70.8 cm³/mol. The summed E-state index contributed by atoms with van der Waals surface area (Å²) in [7, 11) is 0. The number of alkyl halides is 3. The third kappa shape index (κ3) is 3.10. The number of hydrogen-bond donors (Lipinski definition) is 1. The van der Waals surface area contributed by atoms with Gasteiger partial charge in [0.1, 0.15) is 5.76 Å². The summed E-state index contributed by atoms with van der Waals surface area (Å²) in [5.41, 5.74) is 6.63. The monoisotopic (exact) mass is 296 g/mol. The van der Waals surface area contributed by atoms with Crippen molar-refractivity contribution in [1.29, 1.82) is 0 Å². The zero-order valence-corrected chi connectivity index (χ0v) is 11.3. The molecule has 0 saturated carbocycles. The lowest BCUT2D eigenvalue weighted by Crippen LogP contribution is -2.27. The van der Waals surface area contributed by atoms with Crippen molar-refractivity contribution in [2.75, 3.05) is 0 Å². The molecule has 3 rings (SSSR count). The summed E-state index contributed by atoms with van der Waals surface area (Å²) < 4.78 is 43.7. The first-order valence-electron chi connectivity index (χ1n) is 6.81. The van der Waals surface area contributed by atoms with Crippen molar-refractivity contribution in [3.63, 3.8) is 0 Å². The molecule has 0 saturated heterocycles. The topological polar surface area (TPSA) is 52.0 Å². The first kappa shape index (κ1) is 14.1. The van der Waals surface area contributed by atoms with E-state index in [0.29, 0.717) is 17.9 Å². The van der Waals surface area contributed by atoms with Gasteiger partial charge in [0.2, 0.25) is 0 Å². The van der Waals surface area contributed by atoms with E-state index in [1.54, 1.807) is 6.07 Å². The Morgan fingerprint density at radius 3 is 2.90 bits per heavy atom. The van der Waals surface area contributed by atoms with Crippen LogP contribution >= 0.6 is 0 Å². The van der Waals surface area contributed by atoms with E-state index >= 15 is 0 Å². The second-order valence-corrected chi connectivity index (χ2v) is 5.36. The summed E-state index contributed by atoms with van der Waals surface area (Å²) in [6, 6.07) is 5.31. The summed E-state index contributed by atoms with van der Waals surface area (Å²) >= 11 is 0. The van der Waals surface area contributed by atoms with Gasteiger partial charge in [-0.05, 0) is 24.5 Å². The lowest BCUT2D eigenvalue weighted by molar-refractivity contribution is -0.137. The van der Waals surface area contributed by atoms with E-state index in [1.165, 1.54) is 6.07 Å². The van der Waals surface area contributed by atoms with E-state index in [9.17, 15) is 13.2 Å². The summed E-state index contributed by atoms with van der Waals surface area (Å²) in [6.07, 6.45) is -1.80. The molecule has 1 aromatic heterocycles. The minimum atomic E-state index is -4.33. The molecule has 2 N–H and O–H groups in total. The molecule has 21 heavy (non-hydrogen) atoms. The van der Waals surface area contributed by atoms with E-state index < -0.39 is 11.7 Å². The van der Waals surface area contributed by atoms with Crippen molar-refractivity contribution in [3.8, 4) is 0 Å². The lowest BCUT2D eigenvalue weighted by atomic mass is 9.98. The standard InChI is InChI=1S/C15H15F3N2O/c16-15(17,18)10-3-1-2-9(6-10)7-14-20-12-5-4-11(19)8-13(12)21-14/h1-3,6,11H,4-5,7-8,19H2. The van der Waals surface area contributed by atoms with Gasteiger partial charge in [0.05, 0.1) is 11.3 Å². The summed E-state index contributed by atoms with van der Waals surface area (Å²) in [5.74, 6) is 1.23. The Hall–Kier alpha value is -1.82. The van der Waals surface area contributed by atoms with Crippen LogP contribution in [0.3, 0.4) is 0 Å². The zero-order valence-electron chi connectivity index (χ0n) is 11.3. The van der Waals surface area contributed by atoms with Gasteiger partial charge in [-0.1, -0.05) is 18.2 Å². The van der Waals surface area contributed by atoms with Gasteiger partial charge >= 0.3 is 6.18 Å². The Kier molecular flexibility index (Phi) is 3.49. The first-order chi connectivity index (χ1) is 9.91. The molecule has 1 aromatic carbocycles. The average molecular weight is 296 g/mol. The Labute approximate surface area is 120 Å². The number of aromatic nitrogens is 1. The van der Waals surface area contributed by atoms with E-state index in [1.807, 2.05) is 0 Å². The Bertz CT molecular complexity index is 649. The quantitative estimate of drug-likeness (QED) is 0.926. The van der Waals surface area contributed by atoms with Gasteiger partial charge in [0, 0.05) is 18.9 Å². The normalized spacial score (nSPS) is 18.6. The Morgan fingerprint density at radius 2 is 2.14 bits per heavy atom. The van der Waals surface area contributed by atoms with Gasteiger partial charge in [-0.25, -0.2) is 4.98 Å². The van der Waals surface area contributed by atoms with Gasteiger partial charge in [-0.3, -0.25) is 0 Å². The molecule has 112 valence electrons. The second-order valence-electron chi connectivity index (χ2n) is 5.36. The molecule has 1 aliphatic carbocycles. The molecular weight excluding hydrogens is 281 g/mol. The summed E-state index contributed by atoms with van der Waals surface area (Å²) in [6.45, 7) is 0. The maximum Gasteiger partial charge on any atom is 0.416 e. The maximum atomic E-state index is 12.7. The number of nitrogens with two attached hydrogens (primary N) is 1. The third-order valence-corrected chi connectivity index (χ3v) is 3.63. The van der Waals surface area contributed by atoms with Gasteiger partial charge in [-0.2, -0.15) is 13.2 Å². The number of halogens is 3. The van der Waals surface area contributed by atoms with E-state index in [0.717, 1.165) is 36.4 Å². The van der Waals surface area contributed by atoms with Crippen molar-refractivity contribution in [2.45, 2.75) is 37.9 Å². The van der Waals surface area contributed by atoms with Crippen LogP contribution in [0.2, 0.25) is 0 Å². The van der Waals surface area contributed by atoms with Crippen molar-refractivity contribution in [1.82, 2.24) is 4.98 Å². The van der Waals surface area contributed by atoms with E-state index in [2.05, 4.69) is 4.98 Å². The average Bonchev–Trinajstić information content (AvgIpc) is 2.79. The van der Waals surface area contributed by atoms with Crippen molar-refractivity contribution in [2.24, 2.45) is 5.73 Å². The van der Waals surface area contributed by atoms with Gasteiger partial charge in [0.25, 0.3) is 0 Å². The molecule has 1 unspecified atom stereocenters. The van der Waals surface area contributed by atoms with Gasteiger partial charge in [0.15, 0.2) is 5.89 Å². The van der Waals surface area contributed by atoms with Gasteiger partial charge < -0.3 is 10.2 Å². The largest absolute Gasteiger partial charge is 0.445 e. The lowest BCUT2D eigenvalue weighted by Gasteiger charge is -2.14. The van der Waals surface area contributed by atoms with Crippen LogP contribution in [0.1, 0.15) is 34.9 Å². The number of hydrogen-bond acceptors (Lipinski definition) is 3. The molecule has 0 bridgehead atoms. The van der Waals surface area contributed by atoms with E-state index in [-0.39, 0.29) is 12.5 Å². The van der Waals surface area contributed by atoms with Crippen LogP contribution in [-0.2, 0) is 25.4 Å². The highest BCUT2D eigenvalue weighted by Crippen LogP contribution is 2.30. The molecule has 0 amide bonds. The van der Waals surface area contributed by atoms with Crippen LogP contribution in [0, 0.1) is 0 Å². The highest BCUT2D eigenvalue weighted by Gasteiger charge is 2.30. The van der Waals surface area contributed by atoms with Crippen LogP contribution < -0.4 is 5.73 Å². The third-order valence-electron chi connectivity index (χ3n) is 3.63.